The van der Waals surface area contributed by atoms with Crippen LogP contribution in [0.25, 0.3) is 28.0 Å². The van der Waals surface area contributed by atoms with Crippen LogP contribution in [0.15, 0.2) is 59.9 Å². The lowest BCUT2D eigenvalue weighted by Gasteiger charge is -2.19. The van der Waals surface area contributed by atoms with Crippen molar-refractivity contribution in [2.75, 3.05) is 5.75 Å². The molecule has 1 atom stereocenters. The Morgan fingerprint density at radius 3 is 2.55 bits per heavy atom. The van der Waals surface area contributed by atoms with E-state index >= 15 is 0 Å². The number of H-pyrrole nitrogens is 1. The van der Waals surface area contributed by atoms with E-state index < -0.39 is 6.04 Å². The molecule has 170 valence electrons. The van der Waals surface area contributed by atoms with E-state index in [-0.39, 0.29) is 23.4 Å². The van der Waals surface area contributed by atoms with E-state index in [0.29, 0.717) is 11.0 Å². The summed E-state index contributed by atoms with van der Waals surface area (Å²) in [6, 6.07) is 15.6. The number of rotatable bonds is 8. The third-order valence-electron chi connectivity index (χ3n) is 5.57. The summed E-state index contributed by atoms with van der Waals surface area (Å²) >= 11 is 1.30. The average molecular weight is 462 g/mol. The molecule has 0 aliphatic rings. The second kappa shape index (κ2) is 9.62. The fourth-order valence-electron chi connectivity index (χ4n) is 3.91. The fraction of sp³-hybridized carbons (Fsp3) is 0.280. The van der Waals surface area contributed by atoms with Crippen molar-refractivity contribution in [2.45, 2.75) is 38.9 Å². The van der Waals surface area contributed by atoms with Crippen molar-refractivity contribution < 1.29 is 9.59 Å². The lowest BCUT2D eigenvalue weighted by Crippen LogP contribution is -2.44. The van der Waals surface area contributed by atoms with Crippen molar-refractivity contribution in [3.8, 4) is 17.1 Å². The molecule has 2 aromatic heterocycles. The van der Waals surface area contributed by atoms with Crippen LogP contribution in [-0.4, -0.2) is 43.2 Å². The topological polar surface area (TPSA) is 92.7 Å². The van der Waals surface area contributed by atoms with Gasteiger partial charge in [-0.2, -0.15) is 0 Å². The molecule has 4 aromatic rings. The summed E-state index contributed by atoms with van der Waals surface area (Å²) in [4.78, 5) is 27.8. The Labute approximate surface area is 197 Å². The van der Waals surface area contributed by atoms with E-state index in [9.17, 15) is 9.59 Å². The zero-order valence-electron chi connectivity index (χ0n) is 19.1. The molecular formula is C25H27N5O2S. The highest BCUT2D eigenvalue weighted by atomic mass is 32.2. The predicted molar refractivity (Wildman–Crippen MR) is 132 cm³/mol. The van der Waals surface area contributed by atoms with Gasteiger partial charge in [0.05, 0.1) is 17.5 Å². The summed E-state index contributed by atoms with van der Waals surface area (Å²) in [5.74, 6) is 0.609. The molecule has 0 aliphatic carbocycles. The number of nitrogens with one attached hydrogen (secondary N) is 2. The molecule has 1 amide bonds. The van der Waals surface area contributed by atoms with Gasteiger partial charge >= 0.3 is 0 Å². The van der Waals surface area contributed by atoms with E-state index in [1.165, 1.54) is 18.7 Å². The number of para-hydroxylation sites is 2. The van der Waals surface area contributed by atoms with Gasteiger partial charge in [0.15, 0.2) is 16.8 Å². The number of carbonyl (C=O) groups is 2. The van der Waals surface area contributed by atoms with Gasteiger partial charge in [-0.05, 0) is 37.5 Å². The number of fused-ring (bicyclic) bond motifs is 1. The third-order valence-corrected chi connectivity index (χ3v) is 6.50. The van der Waals surface area contributed by atoms with E-state index in [2.05, 4.69) is 20.5 Å². The highest BCUT2D eigenvalue weighted by Crippen LogP contribution is 2.33. The van der Waals surface area contributed by atoms with Gasteiger partial charge in [0.1, 0.15) is 0 Å². The normalized spacial score (nSPS) is 12.3. The van der Waals surface area contributed by atoms with E-state index in [1.807, 2.05) is 80.1 Å². The van der Waals surface area contributed by atoms with Gasteiger partial charge in [-0.3, -0.25) is 14.2 Å². The first-order valence-corrected chi connectivity index (χ1v) is 11.9. The summed E-state index contributed by atoms with van der Waals surface area (Å²) in [5.41, 5.74) is 3.98. The van der Waals surface area contributed by atoms with Crippen molar-refractivity contribution in [3.05, 3.63) is 60.3 Å². The van der Waals surface area contributed by atoms with Crippen LogP contribution in [-0.2, 0) is 9.59 Å². The summed E-state index contributed by atoms with van der Waals surface area (Å²) in [7, 11) is 0. The molecule has 2 N–H and O–H groups in total. The number of carbonyl (C=O) groups excluding carboxylic acids is 2. The van der Waals surface area contributed by atoms with Crippen molar-refractivity contribution >= 4 is 34.4 Å². The van der Waals surface area contributed by atoms with Gasteiger partial charge in [-0.25, -0.2) is 0 Å². The Kier molecular flexibility index (Phi) is 6.65. The van der Waals surface area contributed by atoms with Crippen LogP contribution in [0.1, 0.15) is 26.3 Å². The maximum absolute atomic E-state index is 12.6. The molecule has 2 aromatic carbocycles. The average Bonchev–Trinajstić information content (AvgIpc) is 3.39. The second-order valence-corrected chi connectivity index (χ2v) is 9.31. The molecule has 0 aliphatic heterocycles. The van der Waals surface area contributed by atoms with Gasteiger partial charge in [-0.1, -0.05) is 62.0 Å². The van der Waals surface area contributed by atoms with Gasteiger partial charge in [-0.15, -0.1) is 10.2 Å². The van der Waals surface area contributed by atoms with Gasteiger partial charge < -0.3 is 10.3 Å². The molecule has 0 bridgehead atoms. The molecule has 4 rings (SSSR count). The quantitative estimate of drug-likeness (QED) is 0.376. The number of thioether (sulfide) groups is 1. The molecule has 33 heavy (non-hydrogen) atoms. The van der Waals surface area contributed by atoms with Crippen LogP contribution in [0.5, 0.6) is 0 Å². The fourth-order valence-corrected chi connectivity index (χ4v) is 4.66. The summed E-state index contributed by atoms with van der Waals surface area (Å²) in [6.07, 6.45) is 1.94. The Morgan fingerprint density at radius 2 is 1.82 bits per heavy atom. The Hall–Kier alpha value is -3.39. The number of hydrogen-bond donors (Lipinski definition) is 2. The number of aryl methyl sites for hydroxylation is 1. The number of Topliss-reactive ketones (excluding diaryl/α,β-unsaturated/α-hetero) is 1. The van der Waals surface area contributed by atoms with Gasteiger partial charge in [0.2, 0.25) is 5.91 Å². The van der Waals surface area contributed by atoms with E-state index in [0.717, 1.165) is 27.7 Å². The van der Waals surface area contributed by atoms with Crippen LogP contribution in [0.3, 0.4) is 0 Å². The molecule has 0 radical (unpaired) electrons. The maximum atomic E-state index is 12.6. The van der Waals surface area contributed by atoms with E-state index in [4.69, 9.17) is 0 Å². The van der Waals surface area contributed by atoms with Crippen LogP contribution < -0.4 is 5.32 Å². The second-order valence-electron chi connectivity index (χ2n) is 8.36. The van der Waals surface area contributed by atoms with Crippen LogP contribution in [0.4, 0.5) is 0 Å². The Bertz CT molecular complexity index is 1310. The zero-order valence-corrected chi connectivity index (χ0v) is 19.9. The zero-order chi connectivity index (χ0) is 23.5. The molecule has 0 saturated carbocycles. The minimum Gasteiger partial charge on any atom is -0.360 e. The monoisotopic (exact) mass is 461 g/mol. The maximum Gasteiger partial charge on any atom is 0.231 e. The molecule has 0 fully saturated rings. The van der Waals surface area contributed by atoms with Crippen molar-refractivity contribution in [1.82, 2.24) is 25.1 Å². The van der Waals surface area contributed by atoms with Crippen LogP contribution in [0.2, 0.25) is 0 Å². The number of aromatic amines is 1. The molecule has 2 heterocycles. The number of benzene rings is 2. The largest absolute Gasteiger partial charge is 0.360 e. The van der Waals surface area contributed by atoms with Gasteiger partial charge in [0.25, 0.3) is 0 Å². The minimum absolute atomic E-state index is 0.0283. The van der Waals surface area contributed by atoms with Crippen LogP contribution >= 0.6 is 11.8 Å². The SMILES string of the molecule is CC(=O)C(NC(=O)CSc1nnc(-c2c[nH]c3ccccc23)n1-c1ccccc1C)C(C)C. The lowest BCUT2D eigenvalue weighted by atomic mass is 10.0. The summed E-state index contributed by atoms with van der Waals surface area (Å²) in [6.45, 7) is 7.37. The minimum atomic E-state index is -0.492. The molecule has 8 heteroatoms. The van der Waals surface area contributed by atoms with Crippen LogP contribution in [0, 0.1) is 12.8 Å². The molecule has 0 saturated heterocycles. The number of hydrogen-bond acceptors (Lipinski definition) is 5. The highest BCUT2D eigenvalue weighted by molar-refractivity contribution is 7.99. The lowest BCUT2D eigenvalue weighted by molar-refractivity contribution is -0.126. The number of amides is 1. The first kappa shape index (κ1) is 22.8. The summed E-state index contributed by atoms with van der Waals surface area (Å²) in [5, 5.41) is 13.4. The predicted octanol–water partition coefficient (Wildman–Crippen LogP) is 4.55. The first-order chi connectivity index (χ1) is 15.9. The van der Waals surface area contributed by atoms with Crippen molar-refractivity contribution in [2.24, 2.45) is 5.92 Å². The highest BCUT2D eigenvalue weighted by Gasteiger charge is 2.23. The number of aromatic nitrogens is 4. The third kappa shape index (κ3) is 4.71. The molecular weight excluding hydrogens is 434 g/mol. The first-order valence-electron chi connectivity index (χ1n) is 10.9. The van der Waals surface area contributed by atoms with Crippen molar-refractivity contribution in [3.63, 3.8) is 0 Å². The van der Waals surface area contributed by atoms with Crippen molar-refractivity contribution in [1.29, 1.82) is 0 Å². The molecule has 0 spiro atoms. The Balaban J connectivity index is 1.69. The standard InChI is InChI=1S/C25H27N5O2S/c1-15(2)23(17(4)31)27-22(32)14-33-25-29-28-24(30(25)21-12-8-5-9-16(21)3)19-13-26-20-11-7-6-10-18(19)20/h5-13,15,23,26H,14H2,1-4H3,(H,27,32). The smallest absolute Gasteiger partial charge is 0.231 e. The number of ketones is 1. The number of nitrogens with zero attached hydrogens (tertiary/aromatic N) is 3. The van der Waals surface area contributed by atoms with E-state index in [1.54, 1.807) is 0 Å². The molecule has 7 nitrogen and oxygen atoms in total. The Morgan fingerprint density at radius 1 is 1.09 bits per heavy atom. The summed E-state index contributed by atoms with van der Waals surface area (Å²) < 4.78 is 1.99. The van der Waals surface area contributed by atoms with Gasteiger partial charge in [0, 0.05) is 22.7 Å². The molecule has 1 unspecified atom stereocenters.